The summed E-state index contributed by atoms with van der Waals surface area (Å²) in [6, 6.07) is 18.3. The summed E-state index contributed by atoms with van der Waals surface area (Å²) in [4.78, 5) is 11.4. The van der Waals surface area contributed by atoms with Gasteiger partial charge >= 0.3 is 0 Å². The number of benzene rings is 2. The average molecular weight is 346 g/mol. The molecule has 0 saturated carbocycles. The lowest BCUT2D eigenvalue weighted by Gasteiger charge is -2.29. The van der Waals surface area contributed by atoms with E-state index >= 15 is 0 Å². The molecule has 4 rings (SSSR count). The van der Waals surface area contributed by atoms with Gasteiger partial charge in [-0.2, -0.15) is 4.98 Å². The standard InChI is InChI=1S/C21H22N4O/c1-2-26-19-10-6-5-9-18(19)23-20-11-13-22-21(24-20)25-14-12-16-7-3-4-8-17(16)15-25/h3-11,13H,2,12,14-15H2,1H3,(H,22,23,24). The lowest BCUT2D eigenvalue weighted by atomic mass is 10.0. The molecule has 1 aliphatic rings. The Labute approximate surface area is 153 Å². The molecule has 1 aliphatic heterocycles. The van der Waals surface area contributed by atoms with Gasteiger partial charge in [0.15, 0.2) is 0 Å². The number of aromatic nitrogens is 2. The van der Waals surface area contributed by atoms with E-state index in [4.69, 9.17) is 9.72 Å². The maximum absolute atomic E-state index is 5.68. The van der Waals surface area contributed by atoms with Gasteiger partial charge in [0.05, 0.1) is 12.3 Å². The molecular formula is C21H22N4O. The van der Waals surface area contributed by atoms with Crippen LogP contribution in [-0.2, 0) is 13.0 Å². The van der Waals surface area contributed by atoms with E-state index in [1.807, 2.05) is 37.3 Å². The predicted molar refractivity (Wildman–Crippen MR) is 104 cm³/mol. The maximum Gasteiger partial charge on any atom is 0.227 e. The van der Waals surface area contributed by atoms with E-state index in [0.29, 0.717) is 6.61 Å². The van der Waals surface area contributed by atoms with Crippen molar-refractivity contribution in [2.45, 2.75) is 19.9 Å². The summed E-state index contributed by atoms with van der Waals surface area (Å²) >= 11 is 0. The third kappa shape index (κ3) is 3.47. The van der Waals surface area contributed by atoms with Crippen molar-refractivity contribution < 1.29 is 4.74 Å². The number of anilines is 3. The van der Waals surface area contributed by atoms with Crippen LogP contribution in [0.2, 0.25) is 0 Å². The molecule has 0 radical (unpaired) electrons. The van der Waals surface area contributed by atoms with Gasteiger partial charge in [-0.1, -0.05) is 36.4 Å². The van der Waals surface area contributed by atoms with E-state index in [0.717, 1.165) is 42.7 Å². The normalized spacial score (nSPS) is 13.2. The summed E-state index contributed by atoms with van der Waals surface area (Å²) < 4.78 is 5.68. The minimum atomic E-state index is 0.626. The molecule has 5 heteroatoms. The van der Waals surface area contributed by atoms with Crippen LogP contribution in [0, 0.1) is 0 Å². The van der Waals surface area contributed by atoms with Crippen LogP contribution < -0.4 is 15.0 Å². The van der Waals surface area contributed by atoms with E-state index in [9.17, 15) is 0 Å². The van der Waals surface area contributed by atoms with Crippen LogP contribution in [0.4, 0.5) is 17.5 Å². The Kier molecular flexibility index (Phi) is 4.69. The Morgan fingerprint density at radius 3 is 2.73 bits per heavy atom. The highest BCUT2D eigenvalue weighted by molar-refractivity contribution is 5.64. The van der Waals surface area contributed by atoms with Crippen molar-refractivity contribution in [1.29, 1.82) is 0 Å². The van der Waals surface area contributed by atoms with Crippen molar-refractivity contribution >= 4 is 17.5 Å². The second kappa shape index (κ2) is 7.44. The number of para-hydroxylation sites is 2. The SMILES string of the molecule is CCOc1ccccc1Nc1ccnc(N2CCc3ccccc3C2)n1. The number of nitrogens with zero attached hydrogens (tertiary/aromatic N) is 3. The van der Waals surface area contributed by atoms with Gasteiger partial charge in [-0.3, -0.25) is 0 Å². The van der Waals surface area contributed by atoms with Crippen molar-refractivity contribution in [1.82, 2.24) is 9.97 Å². The van der Waals surface area contributed by atoms with E-state index in [-0.39, 0.29) is 0 Å². The molecule has 0 aliphatic carbocycles. The first-order chi connectivity index (χ1) is 12.8. The molecule has 1 N–H and O–H groups in total. The maximum atomic E-state index is 5.68. The molecule has 1 aromatic heterocycles. The van der Waals surface area contributed by atoms with Crippen LogP contribution in [0.25, 0.3) is 0 Å². The summed E-state index contributed by atoms with van der Waals surface area (Å²) in [5, 5.41) is 3.35. The van der Waals surface area contributed by atoms with Crippen molar-refractivity contribution in [2.75, 3.05) is 23.4 Å². The second-order valence-electron chi connectivity index (χ2n) is 6.24. The number of hydrogen-bond acceptors (Lipinski definition) is 5. The predicted octanol–water partition coefficient (Wildman–Crippen LogP) is 4.18. The Hall–Kier alpha value is -3.08. The molecule has 0 spiro atoms. The lowest BCUT2D eigenvalue weighted by Crippen LogP contribution is -2.31. The van der Waals surface area contributed by atoms with E-state index < -0.39 is 0 Å². The second-order valence-corrected chi connectivity index (χ2v) is 6.24. The molecule has 0 saturated heterocycles. The summed E-state index contributed by atoms with van der Waals surface area (Å²) in [6.45, 7) is 4.37. The fraction of sp³-hybridized carbons (Fsp3) is 0.238. The molecule has 132 valence electrons. The van der Waals surface area contributed by atoms with Gasteiger partial charge in [0, 0.05) is 19.3 Å². The largest absolute Gasteiger partial charge is 0.492 e. The van der Waals surface area contributed by atoms with Gasteiger partial charge in [0.2, 0.25) is 5.95 Å². The summed E-state index contributed by atoms with van der Waals surface area (Å²) in [7, 11) is 0. The smallest absolute Gasteiger partial charge is 0.227 e. The van der Waals surface area contributed by atoms with Gasteiger partial charge < -0.3 is 15.0 Å². The molecule has 0 amide bonds. The monoisotopic (exact) mass is 346 g/mol. The highest BCUT2D eigenvalue weighted by Crippen LogP contribution is 2.28. The van der Waals surface area contributed by atoms with Gasteiger partial charge in [0.25, 0.3) is 0 Å². The molecule has 0 fully saturated rings. The minimum Gasteiger partial charge on any atom is -0.492 e. The highest BCUT2D eigenvalue weighted by Gasteiger charge is 2.18. The van der Waals surface area contributed by atoms with Crippen LogP contribution in [0.5, 0.6) is 5.75 Å². The lowest BCUT2D eigenvalue weighted by molar-refractivity contribution is 0.342. The number of ether oxygens (including phenoxy) is 1. The van der Waals surface area contributed by atoms with Crippen molar-refractivity contribution in [3.05, 3.63) is 71.9 Å². The van der Waals surface area contributed by atoms with Crippen LogP contribution in [0.15, 0.2) is 60.8 Å². The van der Waals surface area contributed by atoms with E-state index in [1.165, 1.54) is 11.1 Å². The summed E-state index contributed by atoms with van der Waals surface area (Å²) in [5.74, 6) is 2.33. The van der Waals surface area contributed by atoms with Crippen LogP contribution in [0.1, 0.15) is 18.1 Å². The Morgan fingerprint density at radius 1 is 1.04 bits per heavy atom. The minimum absolute atomic E-state index is 0.626. The van der Waals surface area contributed by atoms with Crippen LogP contribution >= 0.6 is 0 Å². The molecule has 26 heavy (non-hydrogen) atoms. The van der Waals surface area contributed by atoms with Crippen LogP contribution in [-0.4, -0.2) is 23.1 Å². The van der Waals surface area contributed by atoms with Crippen LogP contribution in [0.3, 0.4) is 0 Å². The molecule has 2 aromatic carbocycles. The molecule has 0 unspecified atom stereocenters. The molecule has 2 heterocycles. The number of fused-ring (bicyclic) bond motifs is 1. The fourth-order valence-electron chi connectivity index (χ4n) is 3.23. The quantitative estimate of drug-likeness (QED) is 0.751. The van der Waals surface area contributed by atoms with Gasteiger partial charge in [-0.05, 0) is 42.7 Å². The van der Waals surface area contributed by atoms with Gasteiger partial charge in [0.1, 0.15) is 11.6 Å². The zero-order chi connectivity index (χ0) is 17.8. The van der Waals surface area contributed by atoms with Crippen molar-refractivity contribution in [3.8, 4) is 5.75 Å². The first kappa shape index (κ1) is 16.4. The first-order valence-electron chi connectivity index (χ1n) is 8.97. The van der Waals surface area contributed by atoms with Crippen molar-refractivity contribution in [2.24, 2.45) is 0 Å². The average Bonchev–Trinajstić information content (AvgIpc) is 2.69. The summed E-state index contributed by atoms with van der Waals surface area (Å²) in [6.07, 6.45) is 2.82. The first-order valence-corrected chi connectivity index (χ1v) is 8.97. The summed E-state index contributed by atoms with van der Waals surface area (Å²) in [5.41, 5.74) is 3.68. The zero-order valence-electron chi connectivity index (χ0n) is 14.9. The van der Waals surface area contributed by atoms with Crippen molar-refractivity contribution in [3.63, 3.8) is 0 Å². The molecule has 3 aromatic rings. The number of nitrogens with one attached hydrogen (secondary N) is 1. The molecule has 5 nitrogen and oxygen atoms in total. The Bertz CT molecular complexity index is 896. The third-order valence-electron chi connectivity index (χ3n) is 4.51. The van der Waals surface area contributed by atoms with Gasteiger partial charge in [-0.15, -0.1) is 0 Å². The Balaban J connectivity index is 1.55. The third-order valence-corrected chi connectivity index (χ3v) is 4.51. The molecule has 0 atom stereocenters. The number of hydrogen-bond donors (Lipinski definition) is 1. The Morgan fingerprint density at radius 2 is 1.85 bits per heavy atom. The molecule has 0 bridgehead atoms. The molecular weight excluding hydrogens is 324 g/mol. The fourth-order valence-corrected chi connectivity index (χ4v) is 3.23. The van der Waals surface area contributed by atoms with Gasteiger partial charge in [-0.25, -0.2) is 4.98 Å². The van der Waals surface area contributed by atoms with E-state index in [1.54, 1.807) is 6.20 Å². The topological polar surface area (TPSA) is 50.3 Å². The highest BCUT2D eigenvalue weighted by atomic mass is 16.5. The zero-order valence-corrected chi connectivity index (χ0v) is 14.9. The number of rotatable bonds is 5. The van der Waals surface area contributed by atoms with E-state index in [2.05, 4.69) is 39.5 Å².